The summed E-state index contributed by atoms with van der Waals surface area (Å²) < 4.78 is 8.27. The number of aliphatic hydroxyl groups excluding tert-OH is 1. The molecule has 0 saturated carbocycles. The largest absolute Gasteiger partial charge is 0.432 e. The monoisotopic (exact) mass is 584 g/mol. The van der Waals surface area contributed by atoms with Crippen LogP contribution < -0.4 is 15.8 Å². The Labute approximate surface area is 246 Å². The van der Waals surface area contributed by atoms with Crippen LogP contribution >= 0.6 is 0 Å². The van der Waals surface area contributed by atoms with Gasteiger partial charge in [0.2, 0.25) is 0 Å². The molecule has 2 aromatic rings. The van der Waals surface area contributed by atoms with E-state index in [2.05, 4.69) is 15.1 Å². The van der Waals surface area contributed by atoms with Gasteiger partial charge in [-0.15, -0.1) is 4.73 Å². The van der Waals surface area contributed by atoms with Gasteiger partial charge in [0, 0.05) is 70.0 Å². The molecule has 2 bridgehead atoms. The van der Waals surface area contributed by atoms with Crippen LogP contribution in [0, 0.1) is 0 Å². The topological polar surface area (TPSA) is 122 Å². The van der Waals surface area contributed by atoms with Gasteiger partial charge in [-0.3, -0.25) is 19.2 Å². The first-order chi connectivity index (χ1) is 20.3. The van der Waals surface area contributed by atoms with Crippen LogP contribution in [0.3, 0.4) is 0 Å². The van der Waals surface area contributed by atoms with Crippen molar-refractivity contribution in [2.45, 2.75) is 88.7 Å². The van der Waals surface area contributed by atoms with Crippen LogP contribution in [0.4, 0.5) is 4.79 Å². The fourth-order valence-corrected chi connectivity index (χ4v) is 7.42. The minimum absolute atomic E-state index is 0.0491. The molecule has 1 unspecified atom stereocenters. The fourth-order valence-electron chi connectivity index (χ4n) is 7.42. The molecule has 4 saturated heterocycles. The smallest absolute Gasteiger partial charge is 0.390 e. The van der Waals surface area contributed by atoms with Crippen LogP contribution in [0.25, 0.3) is 11.0 Å². The third-order valence-corrected chi connectivity index (χ3v) is 9.42. The minimum atomic E-state index is -0.626. The van der Waals surface area contributed by atoms with Crippen molar-refractivity contribution in [2.24, 2.45) is 0 Å². The molecule has 12 heteroatoms. The quantitative estimate of drug-likeness (QED) is 0.475. The van der Waals surface area contributed by atoms with E-state index >= 15 is 0 Å². The lowest BCUT2D eigenvalue weighted by Crippen LogP contribution is -2.55. The van der Waals surface area contributed by atoms with E-state index < -0.39 is 12.2 Å². The number of aliphatic hydroxyl groups is 1. The second-order valence-corrected chi connectivity index (χ2v) is 12.6. The lowest BCUT2D eigenvalue weighted by molar-refractivity contribution is -0.142. The van der Waals surface area contributed by atoms with Gasteiger partial charge in [0.05, 0.1) is 11.6 Å². The maximum atomic E-state index is 13.0. The zero-order chi connectivity index (χ0) is 29.4. The summed E-state index contributed by atoms with van der Waals surface area (Å²) in [5.41, 5.74) is 0.913. The van der Waals surface area contributed by atoms with Crippen molar-refractivity contribution in [1.29, 1.82) is 0 Å². The van der Waals surface area contributed by atoms with Gasteiger partial charge in [-0.05, 0) is 64.5 Å². The summed E-state index contributed by atoms with van der Waals surface area (Å²) in [4.78, 5) is 50.7. The maximum absolute atomic E-state index is 13.0. The lowest BCUT2D eigenvalue weighted by atomic mass is 9.97. The standard InChI is InChI=1S/C30H44N6O6/c1-20(2)35-25-6-3-4-7-26(25)36(30(35)40)42-29(39)31-21-16-22-9-10-23(17-21)34(22)19-24(37)18-32-11-13-33(14-12-32)28(38)27-8-5-15-41-27/h3-4,6-7,20-24,27,37H,5,8-19H2,1-2H3,(H,31,39)/t21?,22-,23+,24-,27+/m0/s1. The zero-order valence-electron chi connectivity index (χ0n) is 24.7. The molecular weight excluding hydrogens is 540 g/mol. The number of fused-ring (bicyclic) bond motifs is 3. The molecule has 1 aromatic carbocycles. The SMILES string of the molecule is CC(C)n1c(=O)n(OC(=O)NC2C[C@H]3CC[C@@H](C2)N3C[C@@H](O)CN2CCN(C(=O)[C@H]3CCCO3)CC2)c2ccccc21. The molecule has 2 N–H and O–H groups in total. The maximum Gasteiger partial charge on any atom is 0.432 e. The van der Waals surface area contributed by atoms with Crippen molar-refractivity contribution in [2.75, 3.05) is 45.9 Å². The van der Waals surface area contributed by atoms with E-state index in [-0.39, 0.29) is 41.9 Å². The minimum Gasteiger partial charge on any atom is -0.390 e. The number of para-hydroxylation sites is 2. The molecule has 230 valence electrons. The van der Waals surface area contributed by atoms with Crippen molar-refractivity contribution >= 4 is 23.0 Å². The number of rotatable bonds is 8. The van der Waals surface area contributed by atoms with E-state index in [1.54, 1.807) is 10.6 Å². The number of carbonyl (C=O) groups excluding carboxylic acids is 2. The summed E-state index contributed by atoms with van der Waals surface area (Å²) in [6, 6.07) is 7.76. The van der Waals surface area contributed by atoms with Crippen LogP contribution in [0.5, 0.6) is 0 Å². The molecule has 5 atom stereocenters. The Morgan fingerprint density at radius 3 is 2.36 bits per heavy atom. The number of ether oxygens (including phenoxy) is 1. The highest BCUT2D eigenvalue weighted by Gasteiger charge is 2.42. The van der Waals surface area contributed by atoms with Gasteiger partial charge in [0.15, 0.2) is 0 Å². The molecular formula is C30H44N6O6. The summed E-state index contributed by atoms with van der Waals surface area (Å²) in [7, 11) is 0. The van der Waals surface area contributed by atoms with Gasteiger partial charge in [0.25, 0.3) is 5.91 Å². The molecule has 2 amide bonds. The second kappa shape index (κ2) is 12.4. The Morgan fingerprint density at radius 2 is 1.71 bits per heavy atom. The molecule has 5 heterocycles. The number of imidazole rings is 1. The first-order valence-electron chi connectivity index (χ1n) is 15.6. The van der Waals surface area contributed by atoms with Gasteiger partial charge < -0.3 is 24.9 Å². The number of hydrogen-bond donors (Lipinski definition) is 2. The molecule has 0 spiro atoms. The second-order valence-electron chi connectivity index (χ2n) is 12.6. The number of piperidine rings is 1. The third-order valence-electron chi connectivity index (χ3n) is 9.42. The number of carbonyl (C=O) groups is 2. The predicted molar refractivity (Wildman–Crippen MR) is 156 cm³/mol. The molecule has 4 aliphatic heterocycles. The van der Waals surface area contributed by atoms with Gasteiger partial charge >= 0.3 is 11.8 Å². The number of nitrogens with zero attached hydrogens (tertiary/aromatic N) is 5. The van der Waals surface area contributed by atoms with E-state index in [1.165, 1.54) is 0 Å². The molecule has 0 radical (unpaired) electrons. The highest BCUT2D eigenvalue weighted by molar-refractivity contribution is 5.81. The van der Waals surface area contributed by atoms with E-state index in [0.29, 0.717) is 38.3 Å². The lowest BCUT2D eigenvalue weighted by Gasteiger charge is -2.41. The van der Waals surface area contributed by atoms with Crippen molar-refractivity contribution in [1.82, 2.24) is 29.3 Å². The highest BCUT2D eigenvalue weighted by atomic mass is 16.7. The molecule has 12 nitrogen and oxygen atoms in total. The van der Waals surface area contributed by atoms with Crippen molar-refractivity contribution in [3.05, 3.63) is 34.7 Å². The summed E-state index contributed by atoms with van der Waals surface area (Å²) in [5, 5.41) is 14.0. The van der Waals surface area contributed by atoms with Crippen LogP contribution in [-0.2, 0) is 9.53 Å². The number of piperazine rings is 1. The van der Waals surface area contributed by atoms with Gasteiger partial charge in [0.1, 0.15) is 11.6 Å². The van der Waals surface area contributed by atoms with Crippen LogP contribution in [0.1, 0.15) is 58.4 Å². The van der Waals surface area contributed by atoms with Crippen molar-refractivity contribution in [3.8, 4) is 0 Å². The number of benzene rings is 1. The summed E-state index contributed by atoms with van der Waals surface area (Å²) in [6.07, 6.45) is 4.03. The third kappa shape index (κ3) is 5.95. The van der Waals surface area contributed by atoms with Gasteiger partial charge in [-0.1, -0.05) is 12.1 Å². The number of aromatic nitrogens is 2. The zero-order valence-corrected chi connectivity index (χ0v) is 24.7. The first-order valence-corrected chi connectivity index (χ1v) is 15.6. The predicted octanol–water partition coefficient (Wildman–Crippen LogP) is 1.20. The van der Waals surface area contributed by atoms with Gasteiger partial charge in [-0.25, -0.2) is 9.59 Å². The summed E-state index contributed by atoms with van der Waals surface area (Å²) >= 11 is 0. The molecule has 0 aliphatic carbocycles. The molecule has 6 rings (SSSR count). The summed E-state index contributed by atoms with van der Waals surface area (Å²) in [6.45, 7) is 8.58. The molecule has 1 aromatic heterocycles. The molecule has 4 fully saturated rings. The van der Waals surface area contributed by atoms with Crippen molar-refractivity contribution in [3.63, 3.8) is 0 Å². The average Bonchev–Trinajstić information content (AvgIpc) is 3.65. The van der Waals surface area contributed by atoms with E-state index in [9.17, 15) is 19.5 Å². The first kappa shape index (κ1) is 29.2. The molecule has 42 heavy (non-hydrogen) atoms. The Balaban J connectivity index is 0.979. The number of amides is 2. The summed E-state index contributed by atoms with van der Waals surface area (Å²) in [5.74, 6) is 0.110. The number of hydrogen-bond acceptors (Lipinski definition) is 8. The normalized spacial score (nSPS) is 27.6. The number of nitrogens with one attached hydrogen (secondary N) is 1. The Hall–Kier alpha value is -2.93. The Bertz CT molecular complexity index is 1310. The van der Waals surface area contributed by atoms with Crippen LogP contribution in [0.2, 0.25) is 0 Å². The van der Waals surface area contributed by atoms with E-state index in [4.69, 9.17) is 9.57 Å². The van der Waals surface area contributed by atoms with Gasteiger partial charge in [-0.2, -0.15) is 0 Å². The Kier molecular flexibility index (Phi) is 8.58. The Morgan fingerprint density at radius 1 is 1.02 bits per heavy atom. The van der Waals surface area contributed by atoms with Crippen molar-refractivity contribution < 1.29 is 24.3 Å². The molecule has 4 aliphatic rings. The average molecular weight is 585 g/mol. The van der Waals surface area contributed by atoms with E-state index in [1.807, 2.05) is 36.9 Å². The van der Waals surface area contributed by atoms with E-state index in [0.717, 1.165) is 61.9 Å². The number of β-amino-alcohol motifs (C(OH)–C–C–N with tert-alkyl or cyclic N) is 1. The fraction of sp³-hybridized carbons (Fsp3) is 0.700. The van der Waals surface area contributed by atoms with Crippen LogP contribution in [0.15, 0.2) is 29.1 Å². The van der Waals surface area contributed by atoms with Crippen LogP contribution in [-0.4, -0.2) is 117 Å². The highest BCUT2D eigenvalue weighted by Crippen LogP contribution is 2.36.